The fourth-order valence-electron chi connectivity index (χ4n) is 1.45. The summed E-state index contributed by atoms with van der Waals surface area (Å²) >= 11 is 13.6. The van der Waals surface area contributed by atoms with Gasteiger partial charge in [-0.05, 0) is 11.6 Å². The number of benzene rings is 1. The van der Waals surface area contributed by atoms with E-state index >= 15 is 0 Å². The molecular weight excluding hydrogens is 291 g/mol. The van der Waals surface area contributed by atoms with Crippen LogP contribution in [0.3, 0.4) is 0 Å². The molecule has 0 aliphatic heterocycles. The van der Waals surface area contributed by atoms with E-state index in [0.717, 1.165) is 16.5 Å². The molecule has 96 valence electrons. The van der Waals surface area contributed by atoms with Crippen LogP contribution in [0.5, 0.6) is 0 Å². The van der Waals surface area contributed by atoms with Gasteiger partial charge in [-0.1, -0.05) is 47.1 Å². The van der Waals surface area contributed by atoms with Crippen LogP contribution in [-0.2, 0) is 19.3 Å². The Bertz CT molecular complexity index is 556. The van der Waals surface area contributed by atoms with Crippen LogP contribution in [0.15, 0.2) is 23.4 Å². The lowest BCUT2D eigenvalue weighted by Crippen LogP contribution is -2.05. The first kappa shape index (κ1) is 13.7. The highest BCUT2D eigenvalue weighted by Gasteiger charge is 2.10. The van der Waals surface area contributed by atoms with Crippen LogP contribution in [0.4, 0.5) is 0 Å². The number of rotatable bonds is 4. The van der Waals surface area contributed by atoms with E-state index in [1.165, 1.54) is 0 Å². The molecule has 0 spiro atoms. The van der Waals surface area contributed by atoms with Crippen LogP contribution in [0.25, 0.3) is 0 Å². The van der Waals surface area contributed by atoms with Gasteiger partial charge in [-0.2, -0.15) is 0 Å². The molecule has 1 heterocycles. The maximum Gasteiger partial charge on any atom is 0.191 e. The quantitative estimate of drug-likeness (QED) is 0.882. The Morgan fingerprint density at radius 2 is 2.11 bits per heavy atom. The van der Waals surface area contributed by atoms with Crippen molar-refractivity contribution in [2.75, 3.05) is 0 Å². The Morgan fingerprint density at radius 3 is 2.78 bits per heavy atom. The fourth-order valence-corrected chi connectivity index (χ4v) is 2.84. The predicted molar refractivity (Wildman–Crippen MR) is 74.9 cm³/mol. The first-order valence-corrected chi connectivity index (χ1v) is 7.01. The summed E-state index contributed by atoms with van der Waals surface area (Å²) in [4.78, 5) is 0. The third-order valence-corrected chi connectivity index (χ3v) is 4.42. The molecule has 0 bridgehead atoms. The summed E-state index contributed by atoms with van der Waals surface area (Å²) in [6, 6.07) is 5.60. The van der Waals surface area contributed by atoms with Crippen molar-refractivity contribution in [2.24, 2.45) is 12.8 Å². The summed E-state index contributed by atoms with van der Waals surface area (Å²) in [7, 11) is 1.89. The van der Waals surface area contributed by atoms with Gasteiger partial charge in [0.15, 0.2) is 5.16 Å². The van der Waals surface area contributed by atoms with Crippen molar-refractivity contribution in [3.05, 3.63) is 39.6 Å². The molecule has 0 saturated heterocycles. The van der Waals surface area contributed by atoms with Gasteiger partial charge in [0, 0.05) is 12.8 Å². The average molecular weight is 303 g/mol. The molecule has 0 aliphatic rings. The van der Waals surface area contributed by atoms with Crippen LogP contribution in [0, 0.1) is 0 Å². The predicted octanol–water partition coefficient (Wildman–Crippen LogP) is 2.87. The molecule has 0 amide bonds. The molecule has 2 aromatic rings. The van der Waals surface area contributed by atoms with E-state index in [9.17, 15) is 0 Å². The van der Waals surface area contributed by atoms with E-state index in [0.29, 0.717) is 22.3 Å². The monoisotopic (exact) mass is 302 g/mol. The molecule has 0 fully saturated rings. The highest BCUT2D eigenvalue weighted by Crippen LogP contribution is 2.30. The second-order valence-electron chi connectivity index (χ2n) is 3.66. The van der Waals surface area contributed by atoms with Crippen LogP contribution in [-0.4, -0.2) is 14.8 Å². The lowest BCUT2D eigenvalue weighted by atomic mass is 10.2. The van der Waals surface area contributed by atoms with Crippen molar-refractivity contribution in [2.45, 2.75) is 17.5 Å². The normalized spacial score (nSPS) is 10.9. The standard InChI is InChI=1S/C11H12Cl2N4S/c1-17-9(5-14)15-16-11(17)18-6-7-3-2-4-8(12)10(7)13/h2-4H,5-6,14H2,1H3. The van der Waals surface area contributed by atoms with E-state index in [4.69, 9.17) is 28.9 Å². The number of hydrogen-bond acceptors (Lipinski definition) is 4. The maximum atomic E-state index is 6.12. The lowest BCUT2D eigenvalue weighted by molar-refractivity contribution is 0.734. The second-order valence-corrected chi connectivity index (χ2v) is 5.39. The summed E-state index contributed by atoms with van der Waals surface area (Å²) in [6.07, 6.45) is 0. The minimum Gasteiger partial charge on any atom is -0.324 e. The Morgan fingerprint density at radius 1 is 1.33 bits per heavy atom. The lowest BCUT2D eigenvalue weighted by Gasteiger charge is -2.05. The number of hydrogen-bond donors (Lipinski definition) is 1. The Labute approximate surface area is 119 Å². The van der Waals surface area contributed by atoms with Gasteiger partial charge in [-0.15, -0.1) is 10.2 Å². The topological polar surface area (TPSA) is 56.7 Å². The summed E-state index contributed by atoms with van der Waals surface area (Å²) in [5, 5.41) is 10.0. The third kappa shape index (κ3) is 2.80. The molecule has 0 atom stereocenters. The highest BCUT2D eigenvalue weighted by molar-refractivity contribution is 7.98. The SMILES string of the molecule is Cn1c(CN)nnc1SCc1cccc(Cl)c1Cl. The van der Waals surface area contributed by atoms with Gasteiger partial charge >= 0.3 is 0 Å². The highest BCUT2D eigenvalue weighted by atomic mass is 35.5. The number of nitrogens with zero attached hydrogens (tertiary/aromatic N) is 3. The average Bonchev–Trinajstić information content (AvgIpc) is 2.72. The number of halogens is 2. The zero-order valence-electron chi connectivity index (χ0n) is 9.73. The third-order valence-electron chi connectivity index (χ3n) is 2.50. The first-order valence-electron chi connectivity index (χ1n) is 5.27. The Hall–Kier alpha value is -0.750. The van der Waals surface area contributed by atoms with E-state index in [2.05, 4.69) is 10.2 Å². The number of aromatic nitrogens is 3. The smallest absolute Gasteiger partial charge is 0.191 e. The summed E-state index contributed by atoms with van der Waals surface area (Å²) < 4.78 is 1.88. The zero-order chi connectivity index (χ0) is 13.1. The van der Waals surface area contributed by atoms with Gasteiger partial charge in [0.1, 0.15) is 5.82 Å². The molecule has 0 unspecified atom stereocenters. The second kappa shape index (κ2) is 5.93. The molecule has 1 aromatic carbocycles. The molecule has 0 radical (unpaired) electrons. The number of nitrogens with two attached hydrogens (primary N) is 1. The van der Waals surface area contributed by atoms with E-state index in [-0.39, 0.29) is 0 Å². The van der Waals surface area contributed by atoms with Crippen LogP contribution < -0.4 is 5.73 Å². The summed E-state index contributed by atoms with van der Waals surface area (Å²) in [6.45, 7) is 0.377. The largest absolute Gasteiger partial charge is 0.324 e. The summed E-state index contributed by atoms with van der Waals surface area (Å²) in [5.74, 6) is 1.45. The molecule has 1 aromatic heterocycles. The number of thioether (sulfide) groups is 1. The van der Waals surface area contributed by atoms with Crippen molar-refractivity contribution in [1.29, 1.82) is 0 Å². The first-order chi connectivity index (χ1) is 8.63. The Kier molecular flexibility index (Phi) is 4.50. The van der Waals surface area contributed by atoms with Crippen molar-refractivity contribution in [1.82, 2.24) is 14.8 Å². The van der Waals surface area contributed by atoms with E-state index in [1.54, 1.807) is 17.8 Å². The minimum absolute atomic E-state index is 0.377. The van der Waals surface area contributed by atoms with Crippen LogP contribution in [0.2, 0.25) is 10.0 Å². The molecule has 2 rings (SSSR count). The van der Waals surface area contributed by atoms with Crippen LogP contribution >= 0.6 is 35.0 Å². The molecule has 7 heteroatoms. The molecular formula is C11H12Cl2N4S. The Balaban J connectivity index is 2.11. The van der Waals surface area contributed by atoms with Gasteiger partial charge < -0.3 is 10.3 Å². The van der Waals surface area contributed by atoms with E-state index < -0.39 is 0 Å². The fraction of sp³-hybridized carbons (Fsp3) is 0.273. The van der Waals surface area contributed by atoms with Gasteiger partial charge in [0.05, 0.1) is 16.6 Å². The zero-order valence-corrected chi connectivity index (χ0v) is 12.1. The van der Waals surface area contributed by atoms with Gasteiger partial charge in [0.2, 0.25) is 0 Å². The maximum absolute atomic E-state index is 6.12. The van der Waals surface area contributed by atoms with Crippen molar-refractivity contribution >= 4 is 35.0 Å². The van der Waals surface area contributed by atoms with E-state index in [1.807, 2.05) is 23.7 Å². The van der Waals surface area contributed by atoms with Crippen LogP contribution in [0.1, 0.15) is 11.4 Å². The minimum atomic E-state index is 0.377. The van der Waals surface area contributed by atoms with Crippen molar-refractivity contribution < 1.29 is 0 Å². The molecule has 0 saturated carbocycles. The van der Waals surface area contributed by atoms with Gasteiger partial charge in [-0.3, -0.25) is 0 Å². The van der Waals surface area contributed by atoms with Gasteiger partial charge in [-0.25, -0.2) is 0 Å². The molecule has 18 heavy (non-hydrogen) atoms. The van der Waals surface area contributed by atoms with Gasteiger partial charge in [0.25, 0.3) is 0 Å². The van der Waals surface area contributed by atoms with Crippen molar-refractivity contribution in [3.8, 4) is 0 Å². The molecule has 4 nitrogen and oxygen atoms in total. The van der Waals surface area contributed by atoms with Crippen molar-refractivity contribution in [3.63, 3.8) is 0 Å². The molecule has 2 N–H and O–H groups in total. The molecule has 0 aliphatic carbocycles. The summed E-state index contributed by atoms with van der Waals surface area (Å²) in [5.41, 5.74) is 6.52.